The van der Waals surface area contributed by atoms with E-state index >= 15 is 0 Å². The van der Waals surface area contributed by atoms with Crippen molar-refractivity contribution in [3.63, 3.8) is 0 Å². The fraction of sp³-hybridized carbons (Fsp3) is 0.333. The normalized spacial score (nSPS) is 10.7. The molecule has 19 heavy (non-hydrogen) atoms. The molecule has 0 aliphatic carbocycles. The predicted molar refractivity (Wildman–Crippen MR) is 75.7 cm³/mol. The number of hydrogen-bond donors (Lipinski definition) is 2. The summed E-state index contributed by atoms with van der Waals surface area (Å²) in [6.07, 6.45) is 1.22. The van der Waals surface area contributed by atoms with Gasteiger partial charge in [-0.3, -0.25) is 9.59 Å². The van der Waals surface area contributed by atoms with Crippen LogP contribution < -0.4 is 10.6 Å². The minimum atomic E-state index is -0.274. The van der Waals surface area contributed by atoms with Crippen LogP contribution in [0.5, 0.6) is 0 Å². The largest absolute Gasteiger partial charge is 0.348 e. The second-order valence-electron chi connectivity index (χ2n) is 5.33. The molecule has 0 saturated carbocycles. The fourth-order valence-electron chi connectivity index (χ4n) is 1.50. The van der Waals surface area contributed by atoms with E-state index in [2.05, 4.69) is 17.2 Å². The maximum atomic E-state index is 12.0. The van der Waals surface area contributed by atoms with Gasteiger partial charge in [-0.2, -0.15) is 0 Å². The Morgan fingerprint density at radius 2 is 2.00 bits per heavy atom. The number of carbonyl (C=O) groups is 2. The predicted octanol–water partition coefficient (Wildman–Crippen LogP) is 2.02. The summed E-state index contributed by atoms with van der Waals surface area (Å²) in [5.41, 5.74) is 1.18. The lowest BCUT2D eigenvalue weighted by Gasteiger charge is -2.20. The third-order valence-corrected chi connectivity index (χ3v) is 2.33. The third kappa shape index (κ3) is 5.38. The molecular weight excluding hydrogens is 240 g/mol. The van der Waals surface area contributed by atoms with Gasteiger partial charge in [0.25, 0.3) is 5.91 Å². The van der Waals surface area contributed by atoms with Gasteiger partial charge in [0.15, 0.2) is 0 Å². The van der Waals surface area contributed by atoms with Gasteiger partial charge in [-0.05, 0) is 44.5 Å². The van der Waals surface area contributed by atoms with Gasteiger partial charge in [0.05, 0.1) is 0 Å². The van der Waals surface area contributed by atoms with E-state index in [1.165, 1.54) is 6.08 Å². The van der Waals surface area contributed by atoms with Crippen LogP contribution in [0.25, 0.3) is 0 Å². The number of hydrogen-bond acceptors (Lipinski definition) is 2. The van der Waals surface area contributed by atoms with Crippen molar-refractivity contribution in [1.82, 2.24) is 10.6 Å². The molecule has 0 bridgehead atoms. The van der Waals surface area contributed by atoms with Crippen molar-refractivity contribution in [2.45, 2.75) is 32.9 Å². The average Bonchev–Trinajstić information content (AvgIpc) is 2.34. The summed E-state index contributed by atoms with van der Waals surface area (Å²) in [4.78, 5) is 23.1. The van der Waals surface area contributed by atoms with Crippen molar-refractivity contribution in [2.75, 3.05) is 0 Å². The highest BCUT2D eigenvalue weighted by Gasteiger charge is 2.15. The van der Waals surface area contributed by atoms with Gasteiger partial charge in [-0.1, -0.05) is 18.7 Å². The van der Waals surface area contributed by atoms with Gasteiger partial charge in [0.2, 0.25) is 5.91 Å². The summed E-state index contributed by atoms with van der Waals surface area (Å²) in [5, 5.41) is 5.57. The summed E-state index contributed by atoms with van der Waals surface area (Å²) >= 11 is 0. The van der Waals surface area contributed by atoms with E-state index in [1.807, 2.05) is 26.8 Å². The first-order valence-electron chi connectivity index (χ1n) is 6.13. The first kappa shape index (κ1) is 15.0. The lowest BCUT2D eigenvalue weighted by Crippen LogP contribution is -2.40. The van der Waals surface area contributed by atoms with Crippen LogP contribution in [-0.2, 0) is 11.3 Å². The quantitative estimate of drug-likeness (QED) is 0.814. The van der Waals surface area contributed by atoms with E-state index in [0.717, 1.165) is 5.56 Å². The van der Waals surface area contributed by atoms with E-state index in [1.54, 1.807) is 18.2 Å². The zero-order valence-electron chi connectivity index (χ0n) is 11.6. The Morgan fingerprint density at radius 1 is 1.32 bits per heavy atom. The van der Waals surface area contributed by atoms with Gasteiger partial charge in [-0.15, -0.1) is 0 Å². The molecule has 0 spiro atoms. The summed E-state index contributed by atoms with van der Waals surface area (Å²) < 4.78 is 0. The molecular formula is C15H20N2O2. The van der Waals surface area contributed by atoms with Crippen molar-refractivity contribution in [3.8, 4) is 0 Å². The Labute approximate surface area is 113 Å². The molecule has 0 atom stereocenters. The minimum Gasteiger partial charge on any atom is -0.348 e. The zero-order valence-corrected chi connectivity index (χ0v) is 11.6. The molecule has 1 aromatic carbocycles. The van der Waals surface area contributed by atoms with Crippen molar-refractivity contribution < 1.29 is 9.59 Å². The van der Waals surface area contributed by atoms with Crippen LogP contribution in [-0.4, -0.2) is 17.4 Å². The molecule has 4 heteroatoms. The Balaban J connectivity index is 2.74. The van der Waals surface area contributed by atoms with Crippen LogP contribution in [0, 0.1) is 0 Å². The second-order valence-corrected chi connectivity index (χ2v) is 5.33. The number of benzene rings is 1. The molecule has 0 fully saturated rings. The molecule has 2 N–H and O–H groups in total. The number of nitrogens with one attached hydrogen (secondary N) is 2. The summed E-state index contributed by atoms with van der Waals surface area (Å²) in [6, 6.07) is 7.18. The lowest BCUT2D eigenvalue weighted by molar-refractivity contribution is -0.116. The van der Waals surface area contributed by atoms with E-state index in [-0.39, 0.29) is 17.4 Å². The van der Waals surface area contributed by atoms with Gasteiger partial charge < -0.3 is 10.6 Å². The molecule has 0 aromatic heterocycles. The van der Waals surface area contributed by atoms with E-state index in [9.17, 15) is 9.59 Å². The first-order chi connectivity index (χ1) is 8.81. The third-order valence-electron chi connectivity index (χ3n) is 2.33. The van der Waals surface area contributed by atoms with Crippen LogP contribution in [0.3, 0.4) is 0 Å². The fourth-order valence-corrected chi connectivity index (χ4v) is 1.50. The molecule has 0 unspecified atom stereocenters. The number of amides is 2. The smallest absolute Gasteiger partial charge is 0.251 e. The van der Waals surface area contributed by atoms with Gasteiger partial charge in [-0.25, -0.2) is 0 Å². The highest BCUT2D eigenvalue weighted by molar-refractivity contribution is 5.94. The summed E-state index contributed by atoms with van der Waals surface area (Å²) in [6.45, 7) is 9.55. The molecule has 4 nitrogen and oxygen atoms in total. The molecule has 1 rings (SSSR count). The minimum absolute atomic E-state index is 0.121. The van der Waals surface area contributed by atoms with E-state index in [0.29, 0.717) is 12.1 Å². The maximum Gasteiger partial charge on any atom is 0.251 e. The second kappa shape index (κ2) is 6.18. The van der Waals surface area contributed by atoms with Crippen molar-refractivity contribution in [2.24, 2.45) is 0 Å². The molecule has 2 amide bonds. The van der Waals surface area contributed by atoms with E-state index < -0.39 is 0 Å². The lowest BCUT2D eigenvalue weighted by atomic mass is 10.1. The number of rotatable bonds is 4. The Hall–Kier alpha value is -2.10. The number of carbonyl (C=O) groups excluding carboxylic acids is 2. The monoisotopic (exact) mass is 260 g/mol. The van der Waals surface area contributed by atoms with E-state index in [4.69, 9.17) is 0 Å². The highest BCUT2D eigenvalue weighted by atomic mass is 16.2. The Morgan fingerprint density at radius 3 is 2.58 bits per heavy atom. The summed E-state index contributed by atoms with van der Waals surface area (Å²) in [7, 11) is 0. The molecule has 0 radical (unpaired) electrons. The highest BCUT2D eigenvalue weighted by Crippen LogP contribution is 2.08. The standard InChI is InChI=1S/C15H20N2O2/c1-5-13(18)16-10-11-7-6-8-12(9-11)14(19)17-15(2,3)4/h5-9H,1,10H2,2-4H3,(H,16,18)(H,17,19). The molecule has 0 saturated heterocycles. The van der Waals surface area contributed by atoms with Gasteiger partial charge in [0.1, 0.15) is 0 Å². The van der Waals surface area contributed by atoms with Crippen molar-refractivity contribution in [1.29, 1.82) is 0 Å². The topological polar surface area (TPSA) is 58.2 Å². The molecule has 0 heterocycles. The van der Waals surface area contributed by atoms with Crippen molar-refractivity contribution in [3.05, 3.63) is 48.0 Å². The van der Waals surface area contributed by atoms with Crippen molar-refractivity contribution >= 4 is 11.8 Å². The molecule has 1 aromatic rings. The molecule has 0 aliphatic heterocycles. The van der Waals surface area contributed by atoms with Crippen LogP contribution in [0.4, 0.5) is 0 Å². The summed E-state index contributed by atoms with van der Waals surface area (Å²) in [5.74, 6) is -0.353. The molecule has 102 valence electrons. The Kier molecular flexibility index (Phi) is 4.87. The Bertz CT molecular complexity index is 487. The van der Waals surface area contributed by atoms with Crippen LogP contribution in [0.15, 0.2) is 36.9 Å². The van der Waals surface area contributed by atoms with Gasteiger partial charge in [0, 0.05) is 17.6 Å². The van der Waals surface area contributed by atoms with Crippen LogP contribution in [0.2, 0.25) is 0 Å². The molecule has 0 aliphatic rings. The average molecular weight is 260 g/mol. The SMILES string of the molecule is C=CC(=O)NCc1cccc(C(=O)NC(C)(C)C)c1. The van der Waals surface area contributed by atoms with Crippen LogP contribution in [0.1, 0.15) is 36.7 Å². The maximum absolute atomic E-state index is 12.0. The van der Waals surface area contributed by atoms with Crippen LogP contribution >= 0.6 is 0 Å². The zero-order chi connectivity index (χ0) is 14.5. The van der Waals surface area contributed by atoms with Gasteiger partial charge >= 0.3 is 0 Å². The first-order valence-corrected chi connectivity index (χ1v) is 6.13.